The Morgan fingerprint density at radius 2 is 2.09 bits per heavy atom. The van der Waals surface area contributed by atoms with Crippen LogP contribution in [0.3, 0.4) is 0 Å². The van der Waals surface area contributed by atoms with Crippen LogP contribution in [0.2, 0.25) is 0 Å². The molecule has 23 heavy (non-hydrogen) atoms. The number of anilines is 1. The molecule has 0 aliphatic carbocycles. The first-order valence-electron chi connectivity index (χ1n) is 7.30. The van der Waals surface area contributed by atoms with Crippen LogP contribution in [0.15, 0.2) is 29.6 Å². The van der Waals surface area contributed by atoms with Crippen LogP contribution >= 0.6 is 11.3 Å². The molecule has 0 radical (unpaired) electrons. The second-order valence-electron chi connectivity index (χ2n) is 5.07. The highest BCUT2D eigenvalue weighted by Crippen LogP contribution is 2.21. The van der Waals surface area contributed by atoms with Crippen molar-refractivity contribution in [1.29, 1.82) is 0 Å². The molecule has 7 heteroatoms. The summed E-state index contributed by atoms with van der Waals surface area (Å²) >= 11 is 1.21. The molecule has 2 rings (SSSR count). The fourth-order valence-electron chi connectivity index (χ4n) is 2.11. The van der Waals surface area contributed by atoms with E-state index in [0.29, 0.717) is 29.5 Å². The summed E-state index contributed by atoms with van der Waals surface area (Å²) in [7, 11) is 0. The number of phenolic OH excluding ortho intramolecular Hbond substituents is 1. The van der Waals surface area contributed by atoms with Crippen LogP contribution in [0.1, 0.15) is 36.3 Å². The van der Waals surface area contributed by atoms with E-state index in [1.54, 1.807) is 28.5 Å². The number of aromatic nitrogens is 1. The van der Waals surface area contributed by atoms with E-state index in [0.717, 1.165) is 6.42 Å². The normalized spacial score (nSPS) is 10.3. The van der Waals surface area contributed by atoms with E-state index in [1.807, 2.05) is 13.0 Å². The number of benzene rings is 1. The van der Waals surface area contributed by atoms with Crippen molar-refractivity contribution < 1.29 is 14.7 Å². The lowest BCUT2D eigenvalue weighted by Gasteiger charge is -2.21. The minimum Gasteiger partial charge on any atom is -0.508 e. The molecule has 122 valence electrons. The van der Waals surface area contributed by atoms with Gasteiger partial charge in [0.25, 0.3) is 5.91 Å². The minimum atomic E-state index is -0.224. The molecular weight excluding hydrogens is 314 g/mol. The number of aromatic hydroxyl groups is 1. The summed E-state index contributed by atoms with van der Waals surface area (Å²) in [6, 6.07) is 6.95. The van der Waals surface area contributed by atoms with E-state index < -0.39 is 0 Å². The van der Waals surface area contributed by atoms with Crippen LogP contribution in [0, 0.1) is 0 Å². The number of nitrogens with one attached hydrogen (secondary N) is 1. The molecule has 2 N–H and O–H groups in total. The average Bonchev–Trinajstić information content (AvgIpc) is 2.96. The number of carbonyl (C=O) groups is 2. The van der Waals surface area contributed by atoms with Crippen molar-refractivity contribution in [2.45, 2.75) is 26.8 Å². The average molecular weight is 333 g/mol. The van der Waals surface area contributed by atoms with E-state index >= 15 is 0 Å². The molecule has 6 nitrogen and oxygen atoms in total. The highest BCUT2D eigenvalue weighted by molar-refractivity contribution is 7.14. The van der Waals surface area contributed by atoms with Crippen molar-refractivity contribution in [2.24, 2.45) is 0 Å². The Hall–Kier alpha value is -2.41. The van der Waals surface area contributed by atoms with Gasteiger partial charge in [0.1, 0.15) is 11.4 Å². The van der Waals surface area contributed by atoms with Crippen molar-refractivity contribution in [3.8, 4) is 5.75 Å². The number of para-hydroxylation sites is 1. The van der Waals surface area contributed by atoms with Gasteiger partial charge >= 0.3 is 0 Å². The van der Waals surface area contributed by atoms with Crippen LogP contribution < -0.4 is 5.32 Å². The zero-order chi connectivity index (χ0) is 16.8. The Balaban J connectivity index is 2.16. The van der Waals surface area contributed by atoms with Crippen molar-refractivity contribution in [3.63, 3.8) is 0 Å². The Labute approximate surface area is 138 Å². The van der Waals surface area contributed by atoms with Crippen LogP contribution in [-0.4, -0.2) is 33.3 Å². The maximum Gasteiger partial charge on any atom is 0.273 e. The van der Waals surface area contributed by atoms with Crippen molar-refractivity contribution in [3.05, 3.63) is 40.9 Å². The number of hydrogen-bond acceptors (Lipinski definition) is 5. The predicted octanol–water partition coefficient (Wildman–Crippen LogP) is 2.86. The summed E-state index contributed by atoms with van der Waals surface area (Å²) in [5.41, 5.74) is 0.981. The minimum absolute atomic E-state index is 0.165. The number of rotatable bonds is 6. The predicted molar refractivity (Wildman–Crippen MR) is 89.6 cm³/mol. The molecule has 0 atom stereocenters. The quantitative estimate of drug-likeness (QED) is 0.851. The van der Waals surface area contributed by atoms with Crippen LogP contribution in [-0.2, 0) is 11.3 Å². The van der Waals surface area contributed by atoms with Crippen molar-refractivity contribution in [2.75, 3.05) is 11.9 Å². The summed E-state index contributed by atoms with van der Waals surface area (Å²) in [5, 5.41) is 14.5. The van der Waals surface area contributed by atoms with Gasteiger partial charge in [-0.1, -0.05) is 25.1 Å². The summed E-state index contributed by atoms with van der Waals surface area (Å²) < 4.78 is 0. The fourth-order valence-corrected chi connectivity index (χ4v) is 2.84. The van der Waals surface area contributed by atoms with Gasteiger partial charge in [-0.25, -0.2) is 4.98 Å². The Morgan fingerprint density at radius 3 is 2.74 bits per heavy atom. The topological polar surface area (TPSA) is 82.5 Å². The summed E-state index contributed by atoms with van der Waals surface area (Å²) in [5.74, 6) is -0.278. The number of thiazole rings is 1. The monoisotopic (exact) mass is 333 g/mol. The van der Waals surface area contributed by atoms with Gasteiger partial charge in [0, 0.05) is 31.0 Å². The molecule has 2 aromatic rings. The lowest BCUT2D eigenvalue weighted by Crippen LogP contribution is -2.31. The van der Waals surface area contributed by atoms with Crippen LogP contribution in [0.4, 0.5) is 5.13 Å². The van der Waals surface area contributed by atoms with Crippen LogP contribution in [0.25, 0.3) is 0 Å². The van der Waals surface area contributed by atoms with E-state index in [9.17, 15) is 14.7 Å². The highest BCUT2D eigenvalue weighted by atomic mass is 32.1. The first kappa shape index (κ1) is 17.0. The molecule has 1 aromatic carbocycles. The van der Waals surface area contributed by atoms with Gasteiger partial charge in [0.2, 0.25) is 5.91 Å². The fraction of sp³-hybridized carbons (Fsp3) is 0.312. The van der Waals surface area contributed by atoms with Crippen LogP contribution in [0.5, 0.6) is 5.75 Å². The van der Waals surface area contributed by atoms with Gasteiger partial charge in [0.15, 0.2) is 5.13 Å². The second kappa shape index (κ2) is 7.73. The van der Waals surface area contributed by atoms with Gasteiger partial charge in [-0.2, -0.15) is 0 Å². The Bertz CT molecular complexity index is 699. The smallest absolute Gasteiger partial charge is 0.273 e. The van der Waals surface area contributed by atoms with E-state index in [4.69, 9.17) is 0 Å². The molecule has 0 aliphatic rings. The molecule has 1 aromatic heterocycles. The van der Waals surface area contributed by atoms with E-state index in [-0.39, 0.29) is 17.6 Å². The number of carbonyl (C=O) groups excluding carboxylic acids is 2. The number of hydrogen-bond donors (Lipinski definition) is 2. The second-order valence-corrected chi connectivity index (χ2v) is 5.93. The van der Waals surface area contributed by atoms with Gasteiger partial charge < -0.3 is 15.3 Å². The van der Waals surface area contributed by atoms with E-state index in [2.05, 4.69) is 10.3 Å². The third-order valence-electron chi connectivity index (χ3n) is 3.14. The molecule has 2 amide bonds. The van der Waals surface area contributed by atoms with Gasteiger partial charge in [-0.05, 0) is 12.5 Å². The number of phenols is 1. The summed E-state index contributed by atoms with van der Waals surface area (Å²) in [6.07, 6.45) is 0.794. The number of nitrogens with zero attached hydrogens (tertiary/aromatic N) is 2. The molecule has 0 spiro atoms. The lowest BCUT2D eigenvalue weighted by molar-refractivity contribution is -0.114. The lowest BCUT2D eigenvalue weighted by atomic mass is 10.2. The first-order valence-corrected chi connectivity index (χ1v) is 8.18. The zero-order valence-electron chi connectivity index (χ0n) is 13.1. The first-order chi connectivity index (χ1) is 11.0. The third-order valence-corrected chi connectivity index (χ3v) is 3.90. The molecule has 0 saturated heterocycles. The van der Waals surface area contributed by atoms with Crippen molar-refractivity contribution in [1.82, 2.24) is 9.88 Å². The SMILES string of the molecule is CCCN(Cc1ccccc1O)C(=O)c1csc(NC(C)=O)n1. The Kier molecular flexibility index (Phi) is 5.70. The number of amides is 2. The van der Waals surface area contributed by atoms with Gasteiger partial charge in [-0.15, -0.1) is 11.3 Å². The van der Waals surface area contributed by atoms with Gasteiger partial charge in [0.05, 0.1) is 0 Å². The highest BCUT2D eigenvalue weighted by Gasteiger charge is 2.19. The van der Waals surface area contributed by atoms with Gasteiger partial charge in [-0.3, -0.25) is 9.59 Å². The molecule has 0 bridgehead atoms. The standard InChI is InChI=1S/C16H19N3O3S/c1-3-8-19(9-12-6-4-5-7-14(12)21)15(22)13-10-23-16(18-13)17-11(2)20/h4-7,10,21H,3,8-9H2,1-2H3,(H,17,18,20). The largest absolute Gasteiger partial charge is 0.508 e. The van der Waals surface area contributed by atoms with E-state index in [1.165, 1.54) is 18.3 Å². The molecular formula is C16H19N3O3S. The molecule has 0 unspecified atom stereocenters. The molecule has 1 heterocycles. The summed E-state index contributed by atoms with van der Waals surface area (Å²) in [6.45, 7) is 4.24. The molecule has 0 fully saturated rings. The summed E-state index contributed by atoms with van der Waals surface area (Å²) in [4.78, 5) is 29.5. The van der Waals surface area contributed by atoms with Crippen molar-refractivity contribution >= 4 is 28.3 Å². The molecule has 0 saturated carbocycles. The maximum absolute atomic E-state index is 12.6. The zero-order valence-corrected chi connectivity index (χ0v) is 13.9. The third kappa shape index (κ3) is 4.53. The Morgan fingerprint density at radius 1 is 1.35 bits per heavy atom. The maximum atomic E-state index is 12.6. The molecule has 0 aliphatic heterocycles.